The summed E-state index contributed by atoms with van der Waals surface area (Å²) in [5.41, 5.74) is 1.70. The second kappa shape index (κ2) is 6.64. The second-order valence-electron chi connectivity index (χ2n) is 3.60. The molecule has 0 saturated heterocycles. The van der Waals surface area contributed by atoms with Crippen LogP contribution in [0, 0.1) is 0 Å². The van der Waals surface area contributed by atoms with E-state index in [9.17, 15) is 9.50 Å². The Labute approximate surface area is 109 Å². The van der Waals surface area contributed by atoms with Gasteiger partial charge in [0.2, 0.25) is 0 Å². The van der Waals surface area contributed by atoms with Gasteiger partial charge in [0.05, 0.1) is 0 Å². The summed E-state index contributed by atoms with van der Waals surface area (Å²) in [5, 5.41) is 9.89. The fraction of sp³-hybridized carbons (Fsp3) is 0.385. The van der Waals surface area contributed by atoms with Gasteiger partial charge in [0.25, 0.3) is 0 Å². The zero-order valence-electron chi connectivity index (χ0n) is 9.96. The smallest absolute Gasteiger partial charge is 0.165 e. The number of phenols is 1. The van der Waals surface area contributed by atoms with Gasteiger partial charge in [-0.2, -0.15) is 4.39 Å². The van der Waals surface area contributed by atoms with E-state index in [4.69, 9.17) is 4.74 Å². The summed E-state index contributed by atoms with van der Waals surface area (Å²) in [6, 6.07) is 3.57. The van der Waals surface area contributed by atoms with E-state index in [1.807, 2.05) is 13.8 Å². The zero-order valence-corrected chi connectivity index (χ0v) is 11.6. The zero-order chi connectivity index (χ0) is 12.8. The van der Waals surface area contributed by atoms with Crippen LogP contribution >= 0.6 is 15.9 Å². The monoisotopic (exact) mass is 302 g/mol. The Morgan fingerprint density at radius 3 is 2.29 bits per heavy atom. The molecule has 94 valence electrons. The van der Waals surface area contributed by atoms with Crippen molar-refractivity contribution in [3.8, 4) is 11.5 Å². The topological polar surface area (TPSA) is 29.5 Å². The van der Waals surface area contributed by atoms with Gasteiger partial charge in [0, 0.05) is 0 Å². The summed E-state index contributed by atoms with van der Waals surface area (Å²) < 4.78 is 17.4. The third-order valence-electron chi connectivity index (χ3n) is 2.49. The van der Waals surface area contributed by atoms with Crippen molar-refractivity contribution in [3.05, 3.63) is 34.1 Å². The molecule has 1 rings (SSSR count). The predicted octanol–water partition coefficient (Wildman–Crippen LogP) is 4.10. The molecule has 0 amide bonds. The normalized spacial score (nSPS) is 11.6. The average Bonchev–Trinajstić information content (AvgIpc) is 2.30. The van der Waals surface area contributed by atoms with Gasteiger partial charge in [-0.15, -0.1) is 0 Å². The first-order valence-electron chi connectivity index (χ1n) is 5.57. The van der Waals surface area contributed by atoms with Crippen molar-refractivity contribution in [2.75, 3.05) is 6.61 Å². The highest BCUT2D eigenvalue weighted by Crippen LogP contribution is 2.29. The maximum absolute atomic E-state index is 12.4. The van der Waals surface area contributed by atoms with Crippen molar-refractivity contribution in [1.82, 2.24) is 0 Å². The van der Waals surface area contributed by atoms with Crippen LogP contribution in [-0.2, 0) is 12.8 Å². The van der Waals surface area contributed by atoms with Crippen LogP contribution in [0.5, 0.6) is 11.5 Å². The molecule has 2 nitrogen and oxygen atoms in total. The van der Waals surface area contributed by atoms with E-state index in [1.54, 1.807) is 12.1 Å². The molecular formula is C13H16BrFO2. The van der Waals surface area contributed by atoms with E-state index >= 15 is 0 Å². The highest BCUT2D eigenvalue weighted by Gasteiger charge is 2.08. The summed E-state index contributed by atoms with van der Waals surface area (Å²) in [7, 11) is 0. The number of aryl methyl sites for hydroxylation is 2. The van der Waals surface area contributed by atoms with Crippen molar-refractivity contribution in [1.29, 1.82) is 0 Å². The highest BCUT2D eigenvalue weighted by molar-refractivity contribution is 9.11. The molecule has 0 fully saturated rings. The lowest BCUT2D eigenvalue weighted by molar-refractivity contribution is 0.358. The summed E-state index contributed by atoms with van der Waals surface area (Å²) in [6.45, 7) is 4.10. The van der Waals surface area contributed by atoms with E-state index < -0.39 is 4.74 Å². The number of rotatable bonds is 5. The molecule has 4 heteroatoms. The minimum atomic E-state index is -0.442. The molecule has 1 aromatic carbocycles. The molecule has 0 atom stereocenters. The molecular weight excluding hydrogens is 287 g/mol. The Bertz CT molecular complexity index is 387. The standard InChI is InChI=1S/C13H16BrFO2/c1-3-9-7-11(17-6-5-12(14)15)8-10(4-2)13(9)16/h5,7-8,16H,3-4,6H2,1-2H3/b12-5+. The summed E-state index contributed by atoms with van der Waals surface area (Å²) >= 11 is 2.69. The van der Waals surface area contributed by atoms with Crippen molar-refractivity contribution in [2.24, 2.45) is 0 Å². The maximum Gasteiger partial charge on any atom is 0.165 e. The van der Waals surface area contributed by atoms with E-state index in [0.717, 1.165) is 24.0 Å². The Hall–Kier alpha value is -1.03. The van der Waals surface area contributed by atoms with Crippen LogP contribution < -0.4 is 4.74 Å². The Balaban J connectivity index is 2.89. The number of ether oxygens (including phenoxy) is 1. The molecule has 17 heavy (non-hydrogen) atoms. The van der Waals surface area contributed by atoms with Gasteiger partial charge in [0.15, 0.2) is 4.74 Å². The molecule has 1 aromatic rings. The van der Waals surface area contributed by atoms with Gasteiger partial charge >= 0.3 is 0 Å². The van der Waals surface area contributed by atoms with Gasteiger partial charge < -0.3 is 9.84 Å². The fourth-order valence-electron chi connectivity index (χ4n) is 1.55. The second-order valence-corrected chi connectivity index (χ2v) is 4.36. The molecule has 0 spiro atoms. The molecule has 0 aliphatic carbocycles. The Morgan fingerprint density at radius 1 is 1.35 bits per heavy atom. The molecule has 0 saturated carbocycles. The quantitative estimate of drug-likeness (QED) is 0.887. The van der Waals surface area contributed by atoms with Crippen molar-refractivity contribution >= 4 is 15.9 Å². The number of phenolic OH excluding ortho intramolecular Hbond substituents is 1. The van der Waals surface area contributed by atoms with Crippen LogP contribution in [0.1, 0.15) is 25.0 Å². The van der Waals surface area contributed by atoms with Gasteiger partial charge in [-0.25, -0.2) is 0 Å². The molecule has 0 radical (unpaired) electrons. The van der Waals surface area contributed by atoms with Crippen molar-refractivity contribution in [3.63, 3.8) is 0 Å². The third-order valence-corrected chi connectivity index (χ3v) is 2.81. The van der Waals surface area contributed by atoms with Crippen LogP contribution in [0.15, 0.2) is 22.9 Å². The van der Waals surface area contributed by atoms with Gasteiger partial charge in [-0.1, -0.05) is 13.8 Å². The first kappa shape index (κ1) is 14.0. The fourth-order valence-corrected chi connectivity index (χ4v) is 1.68. The van der Waals surface area contributed by atoms with Crippen LogP contribution in [0.4, 0.5) is 4.39 Å². The SMILES string of the molecule is CCc1cc(OC/C=C(/F)Br)cc(CC)c1O. The first-order valence-corrected chi connectivity index (χ1v) is 6.36. The molecule has 1 N–H and O–H groups in total. The minimum absolute atomic E-state index is 0.161. The van der Waals surface area contributed by atoms with Gasteiger partial charge in [-0.3, -0.25) is 0 Å². The highest BCUT2D eigenvalue weighted by atomic mass is 79.9. The average molecular weight is 303 g/mol. The van der Waals surface area contributed by atoms with Crippen LogP contribution in [0.3, 0.4) is 0 Å². The van der Waals surface area contributed by atoms with Gasteiger partial charge in [0.1, 0.15) is 18.1 Å². The number of halogens is 2. The van der Waals surface area contributed by atoms with Crippen LogP contribution in [0.25, 0.3) is 0 Å². The summed E-state index contributed by atoms with van der Waals surface area (Å²) in [6.07, 6.45) is 2.77. The van der Waals surface area contributed by atoms with Crippen LogP contribution in [-0.4, -0.2) is 11.7 Å². The minimum Gasteiger partial charge on any atom is -0.507 e. The van der Waals surface area contributed by atoms with Crippen LogP contribution in [0.2, 0.25) is 0 Å². The number of aromatic hydroxyl groups is 1. The molecule has 0 bridgehead atoms. The van der Waals surface area contributed by atoms with E-state index in [2.05, 4.69) is 15.9 Å². The van der Waals surface area contributed by atoms with E-state index in [-0.39, 0.29) is 6.61 Å². The number of hydrogen-bond acceptors (Lipinski definition) is 2. The summed E-state index contributed by atoms with van der Waals surface area (Å²) in [4.78, 5) is 0. The van der Waals surface area contributed by atoms with Crippen molar-refractivity contribution < 1.29 is 14.2 Å². The maximum atomic E-state index is 12.4. The molecule has 0 aliphatic rings. The number of benzene rings is 1. The largest absolute Gasteiger partial charge is 0.507 e. The molecule has 0 unspecified atom stereocenters. The number of hydrogen-bond donors (Lipinski definition) is 1. The van der Waals surface area contributed by atoms with Gasteiger partial charge in [-0.05, 0) is 58.1 Å². The summed E-state index contributed by atoms with van der Waals surface area (Å²) in [5.74, 6) is 0.992. The lowest BCUT2D eigenvalue weighted by Gasteiger charge is -2.11. The molecule has 0 aliphatic heterocycles. The van der Waals surface area contributed by atoms with E-state index in [0.29, 0.717) is 11.5 Å². The Morgan fingerprint density at radius 2 is 1.88 bits per heavy atom. The Kier molecular flexibility index (Phi) is 5.48. The predicted molar refractivity (Wildman–Crippen MR) is 70.5 cm³/mol. The van der Waals surface area contributed by atoms with E-state index in [1.165, 1.54) is 6.08 Å². The molecule has 0 aromatic heterocycles. The first-order chi connectivity index (χ1) is 8.08. The lowest BCUT2D eigenvalue weighted by Crippen LogP contribution is -1.97. The molecule has 0 heterocycles. The lowest BCUT2D eigenvalue weighted by atomic mass is 10.0. The third kappa shape index (κ3) is 4.04. The van der Waals surface area contributed by atoms with Crippen molar-refractivity contribution in [2.45, 2.75) is 26.7 Å².